The normalized spacial score (nSPS) is 11.6. The highest BCUT2D eigenvalue weighted by Crippen LogP contribution is 2.21. The molecule has 2 rings (SSSR count). The topological polar surface area (TPSA) is 60.5 Å². The van der Waals surface area contributed by atoms with E-state index in [-0.39, 0.29) is 11.8 Å². The van der Waals surface area contributed by atoms with Crippen LogP contribution in [0.5, 0.6) is 11.6 Å². The van der Waals surface area contributed by atoms with Crippen LogP contribution in [0.1, 0.15) is 13.8 Å². The molecule has 0 aliphatic carbocycles. The molecule has 0 saturated heterocycles. The number of hydrogen-bond donors (Lipinski definition) is 1. The first kappa shape index (κ1) is 15.8. The number of ether oxygens (including phenoxy) is 2. The van der Waals surface area contributed by atoms with Gasteiger partial charge >= 0.3 is 5.97 Å². The molecule has 0 amide bonds. The minimum absolute atomic E-state index is 0.181. The molecule has 116 valence electrons. The van der Waals surface area contributed by atoms with Gasteiger partial charge in [-0.2, -0.15) is 9.37 Å². The van der Waals surface area contributed by atoms with E-state index < -0.39 is 12.0 Å². The van der Waals surface area contributed by atoms with Crippen LogP contribution in [0.15, 0.2) is 42.5 Å². The Bertz CT molecular complexity index is 632. The summed E-state index contributed by atoms with van der Waals surface area (Å²) >= 11 is 0. The van der Waals surface area contributed by atoms with Crippen molar-refractivity contribution in [3.8, 4) is 11.6 Å². The zero-order valence-corrected chi connectivity index (χ0v) is 12.4. The van der Waals surface area contributed by atoms with Crippen LogP contribution >= 0.6 is 0 Å². The molecule has 1 N–H and O–H groups in total. The first-order valence-corrected chi connectivity index (χ1v) is 6.92. The molecule has 1 aromatic carbocycles. The fraction of sp³-hybridized carbons (Fsp3) is 0.250. The van der Waals surface area contributed by atoms with Crippen LogP contribution in [0.25, 0.3) is 0 Å². The van der Waals surface area contributed by atoms with Gasteiger partial charge in [0.25, 0.3) is 0 Å². The van der Waals surface area contributed by atoms with Gasteiger partial charge in [0.15, 0.2) is 0 Å². The molecule has 5 nitrogen and oxygen atoms in total. The van der Waals surface area contributed by atoms with Crippen molar-refractivity contribution >= 4 is 11.7 Å². The van der Waals surface area contributed by atoms with E-state index in [1.165, 1.54) is 12.1 Å². The summed E-state index contributed by atoms with van der Waals surface area (Å²) in [5.41, 5.74) is 0.750. The van der Waals surface area contributed by atoms with E-state index in [4.69, 9.17) is 9.47 Å². The van der Waals surface area contributed by atoms with Crippen molar-refractivity contribution < 1.29 is 18.7 Å². The lowest BCUT2D eigenvalue weighted by Gasteiger charge is -2.14. The van der Waals surface area contributed by atoms with Gasteiger partial charge in [-0.15, -0.1) is 0 Å². The number of aromatic nitrogens is 1. The smallest absolute Gasteiger partial charge is 0.328 e. The first-order valence-electron chi connectivity index (χ1n) is 6.92. The van der Waals surface area contributed by atoms with E-state index in [2.05, 4.69) is 10.3 Å². The summed E-state index contributed by atoms with van der Waals surface area (Å²) < 4.78 is 23.3. The molecule has 22 heavy (non-hydrogen) atoms. The third kappa shape index (κ3) is 4.44. The van der Waals surface area contributed by atoms with Gasteiger partial charge in [0.2, 0.25) is 11.8 Å². The maximum absolute atomic E-state index is 13.0. The third-order valence-corrected chi connectivity index (χ3v) is 2.79. The highest BCUT2D eigenvalue weighted by Gasteiger charge is 2.13. The van der Waals surface area contributed by atoms with E-state index in [1.54, 1.807) is 44.2 Å². The van der Waals surface area contributed by atoms with Gasteiger partial charge < -0.3 is 14.8 Å². The summed E-state index contributed by atoms with van der Waals surface area (Å²) in [5, 5.41) is 3.02. The largest absolute Gasteiger partial charge is 0.464 e. The molecule has 1 heterocycles. The van der Waals surface area contributed by atoms with Gasteiger partial charge in [-0.3, -0.25) is 0 Å². The Labute approximate surface area is 128 Å². The molecule has 0 bridgehead atoms. The van der Waals surface area contributed by atoms with Crippen molar-refractivity contribution in [1.29, 1.82) is 0 Å². The Hall–Kier alpha value is -2.63. The minimum atomic E-state index is -0.598. The number of rotatable bonds is 6. The summed E-state index contributed by atoms with van der Waals surface area (Å²) in [6.07, 6.45) is 0. The molecule has 1 atom stereocenters. The minimum Gasteiger partial charge on any atom is -0.464 e. The van der Waals surface area contributed by atoms with E-state index in [0.717, 1.165) is 5.69 Å². The van der Waals surface area contributed by atoms with Crippen molar-refractivity contribution in [2.75, 3.05) is 11.9 Å². The van der Waals surface area contributed by atoms with Crippen LogP contribution in [0.4, 0.5) is 10.1 Å². The number of halogens is 1. The molecule has 0 fully saturated rings. The zero-order chi connectivity index (χ0) is 15.9. The average molecular weight is 304 g/mol. The number of carbonyl (C=O) groups is 1. The third-order valence-electron chi connectivity index (χ3n) is 2.79. The van der Waals surface area contributed by atoms with Gasteiger partial charge in [-0.05, 0) is 44.2 Å². The Morgan fingerprint density at radius 2 is 2.00 bits per heavy atom. The SMILES string of the molecule is CCOC(=O)C(C)Nc1ccc(Oc2cccc(F)n2)cc1. The molecular weight excluding hydrogens is 287 g/mol. The van der Waals surface area contributed by atoms with E-state index in [1.807, 2.05) is 0 Å². The number of hydrogen-bond acceptors (Lipinski definition) is 5. The number of anilines is 1. The number of carbonyl (C=O) groups excluding carboxylic acids is 1. The average Bonchev–Trinajstić information content (AvgIpc) is 2.49. The highest BCUT2D eigenvalue weighted by molar-refractivity contribution is 5.78. The van der Waals surface area contributed by atoms with Crippen LogP contribution in [-0.2, 0) is 9.53 Å². The lowest BCUT2D eigenvalue weighted by Crippen LogP contribution is -2.28. The molecule has 1 aromatic heterocycles. The van der Waals surface area contributed by atoms with Crippen LogP contribution in [-0.4, -0.2) is 23.6 Å². The van der Waals surface area contributed by atoms with E-state index in [9.17, 15) is 9.18 Å². The van der Waals surface area contributed by atoms with Crippen molar-refractivity contribution in [3.05, 3.63) is 48.4 Å². The van der Waals surface area contributed by atoms with E-state index >= 15 is 0 Å². The number of benzene rings is 1. The van der Waals surface area contributed by atoms with Gasteiger partial charge in [-0.1, -0.05) is 6.07 Å². The van der Waals surface area contributed by atoms with Gasteiger partial charge in [0.1, 0.15) is 11.8 Å². The molecule has 2 aromatic rings. The predicted molar refractivity (Wildman–Crippen MR) is 80.4 cm³/mol. The summed E-state index contributed by atoms with van der Waals surface area (Å²) in [5.74, 6) is -0.209. The number of nitrogens with one attached hydrogen (secondary N) is 1. The Kier molecular flexibility index (Phi) is 5.30. The number of esters is 1. The fourth-order valence-corrected chi connectivity index (χ4v) is 1.76. The number of pyridine rings is 1. The lowest BCUT2D eigenvalue weighted by atomic mass is 10.2. The van der Waals surface area contributed by atoms with Gasteiger partial charge in [0.05, 0.1) is 6.61 Å². The Balaban J connectivity index is 1.97. The van der Waals surface area contributed by atoms with Gasteiger partial charge in [-0.25, -0.2) is 4.79 Å². The second-order valence-electron chi connectivity index (χ2n) is 4.54. The highest BCUT2D eigenvalue weighted by atomic mass is 19.1. The second-order valence-corrected chi connectivity index (χ2v) is 4.54. The fourth-order valence-electron chi connectivity index (χ4n) is 1.76. The van der Waals surface area contributed by atoms with E-state index in [0.29, 0.717) is 12.4 Å². The quantitative estimate of drug-likeness (QED) is 0.655. The summed E-state index contributed by atoms with van der Waals surface area (Å²) in [4.78, 5) is 15.2. The monoisotopic (exact) mass is 304 g/mol. The van der Waals surface area contributed by atoms with Crippen molar-refractivity contribution in [1.82, 2.24) is 4.98 Å². The van der Waals surface area contributed by atoms with Crippen LogP contribution < -0.4 is 10.1 Å². The summed E-state index contributed by atoms with van der Waals surface area (Å²) in [6.45, 7) is 3.83. The maximum atomic E-state index is 13.0. The number of nitrogens with zero attached hydrogens (tertiary/aromatic N) is 1. The summed E-state index contributed by atoms with van der Waals surface area (Å²) in [7, 11) is 0. The van der Waals surface area contributed by atoms with Gasteiger partial charge in [0, 0.05) is 11.8 Å². The van der Waals surface area contributed by atoms with Crippen molar-refractivity contribution in [2.24, 2.45) is 0 Å². The Morgan fingerprint density at radius 1 is 1.27 bits per heavy atom. The molecule has 0 radical (unpaired) electrons. The Morgan fingerprint density at radius 3 is 2.64 bits per heavy atom. The molecular formula is C16H17FN2O3. The molecule has 6 heteroatoms. The molecule has 0 spiro atoms. The summed E-state index contributed by atoms with van der Waals surface area (Å²) in [6, 6.07) is 10.8. The van der Waals surface area contributed by atoms with Crippen LogP contribution in [0.2, 0.25) is 0 Å². The zero-order valence-electron chi connectivity index (χ0n) is 12.4. The molecule has 1 unspecified atom stereocenters. The predicted octanol–water partition coefficient (Wildman–Crippen LogP) is 3.38. The second kappa shape index (κ2) is 7.40. The standard InChI is InChI=1S/C16H17FN2O3/c1-3-21-16(20)11(2)18-12-7-9-13(10-8-12)22-15-6-4-5-14(17)19-15/h4-11,18H,3H2,1-2H3. The molecule has 0 aliphatic rings. The van der Waals surface area contributed by atoms with Crippen LogP contribution in [0.3, 0.4) is 0 Å². The first-order chi connectivity index (χ1) is 10.6. The maximum Gasteiger partial charge on any atom is 0.328 e. The molecule has 0 saturated carbocycles. The van der Waals surface area contributed by atoms with Crippen molar-refractivity contribution in [2.45, 2.75) is 19.9 Å². The lowest BCUT2D eigenvalue weighted by molar-refractivity contribution is -0.143. The van der Waals surface area contributed by atoms with Crippen molar-refractivity contribution in [3.63, 3.8) is 0 Å². The molecule has 0 aliphatic heterocycles. The van der Waals surface area contributed by atoms with Crippen LogP contribution in [0, 0.1) is 5.95 Å².